The van der Waals surface area contributed by atoms with Crippen LogP contribution in [0.5, 0.6) is 0 Å². The van der Waals surface area contributed by atoms with Crippen molar-refractivity contribution in [1.29, 1.82) is 5.26 Å². The van der Waals surface area contributed by atoms with Crippen LogP contribution in [0.3, 0.4) is 0 Å². The van der Waals surface area contributed by atoms with E-state index in [1.54, 1.807) is 7.11 Å². The highest BCUT2D eigenvalue weighted by Gasteiger charge is 1.98. The minimum Gasteiger partial charge on any atom is -0.382 e. The quantitative estimate of drug-likeness (QED) is 0.383. The van der Waals surface area contributed by atoms with Crippen LogP contribution in [0.1, 0.15) is 12.8 Å². The molecule has 0 heterocycles. The smallest absolute Gasteiger partial charge is 0.234 e. The first-order valence-corrected chi connectivity index (χ1v) is 5.72. The summed E-state index contributed by atoms with van der Waals surface area (Å²) in [4.78, 5) is 11.0. The van der Waals surface area contributed by atoms with Gasteiger partial charge in [0.1, 0.15) is 6.54 Å². The van der Waals surface area contributed by atoms with Crippen molar-refractivity contribution in [2.75, 3.05) is 46.6 Å². The van der Waals surface area contributed by atoms with Crippen molar-refractivity contribution in [1.82, 2.24) is 10.6 Å². The largest absolute Gasteiger partial charge is 0.382 e. The molecule has 0 aromatic rings. The van der Waals surface area contributed by atoms with E-state index in [1.165, 1.54) is 0 Å². The van der Waals surface area contributed by atoms with E-state index in [4.69, 9.17) is 14.7 Å². The molecule has 1 amide bonds. The number of nitriles is 1. The molecule has 2 N–H and O–H groups in total. The van der Waals surface area contributed by atoms with Crippen molar-refractivity contribution >= 4 is 5.91 Å². The minimum atomic E-state index is -0.150. The number of unbranched alkanes of at least 4 members (excludes halogenated alkanes) is 1. The molecule has 0 saturated carbocycles. The Morgan fingerprint density at radius 3 is 2.82 bits per heavy atom. The van der Waals surface area contributed by atoms with Gasteiger partial charge in [-0.15, -0.1) is 0 Å². The Labute approximate surface area is 102 Å². The molecule has 98 valence electrons. The Morgan fingerprint density at radius 2 is 2.12 bits per heavy atom. The lowest BCUT2D eigenvalue weighted by Crippen LogP contribution is -2.34. The van der Waals surface area contributed by atoms with E-state index in [0.717, 1.165) is 19.4 Å². The van der Waals surface area contributed by atoms with Gasteiger partial charge in [-0.2, -0.15) is 5.26 Å². The zero-order chi connectivity index (χ0) is 12.8. The number of nitrogens with one attached hydrogen (secondary N) is 2. The fourth-order valence-electron chi connectivity index (χ4n) is 1.10. The number of hydrogen-bond acceptors (Lipinski definition) is 5. The molecule has 0 aromatic carbocycles. The van der Waals surface area contributed by atoms with Crippen LogP contribution >= 0.6 is 0 Å². The van der Waals surface area contributed by atoms with Gasteiger partial charge in [-0.3, -0.25) is 4.79 Å². The normalized spacial score (nSPS) is 9.88. The standard InChI is InChI=1S/C11H21N3O3/c1-16-8-9-17-7-3-2-5-13-10-11(15)14-6-4-12/h13H,2-3,5-10H2,1H3,(H,14,15). The van der Waals surface area contributed by atoms with E-state index >= 15 is 0 Å². The molecular formula is C11H21N3O3. The maximum atomic E-state index is 11.0. The molecule has 0 aliphatic heterocycles. The SMILES string of the molecule is COCCOCCCCNCC(=O)NCC#N. The lowest BCUT2D eigenvalue weighted by molar-refractivity contribution is -0.120. The molecule has 0 unspecified atom stereocenters. The molecule has 6 nitrogen and oxygen atoms in total. The van der Waals surface area contributed by atoms with Crippen LogP contribution in [-0.4, -0.2) is 52.5 Å². The highest BCUT2D eigenvalue weighted by Crippen LogP contribution is 1.88. The second-order valence-corrected chi connectivity index (χ2v) is 3.42. The highest BCUT2D eigenvalue weighted by atomic mass is 16.5. The van der Waals surface area contributed by atoms with Crippen molar-refractivity contribution in [2.24, 2.45) is 0 Å². The number of methoxy groups -OCH3 is 1. The van der Waals surface area contributed by atoms with Gasteiger partial charge in [0.15, 0.2) is 0 Å². The fourth-order valence-corrected chi connectivity index (χ4v) is 1.10. The summed E-state index contributed by atoms with van der Waals surface area (Å²) in [6.45, 7) is 3.05. The van der Waals surface area contributed by atoms with Crippen LogP contribution in [0.4, 0.5) is 0 Å². The van der Waals surface area contributed by atoms with Crippen LogP contribution in [0.15, 0.2) is 0 Å². The van der Waals surface area contributed by atoms with Gasteiger partial charge in [-0.25, -0.2) is 0 Å². The molecule has 17 heavy (non-hydrogen) atoms. The zero-order valence-corrected chi connectivity index (χ0v) is 10.3. The van der Waals surface area contributed by atoms with Crippen molar-refractivity contribution in [3.63, 3.8) is 0 Å². The molecule has 0 fully saturated rings. The lowest BCUT2D eigenvalue weighted by Gasteiger charge is -2.05. The van der Waals surface area contributed by atoms with E-state index in [9.17, 15) is 4.79 Å². The average molecular weight is 243 g/mol. The van der Waals surface area contributed by atoms with Crippen LogP contribution in [0, 0.1) is 11.3 Å². The van der Waals surface area contributed by atoms with Crippen LogP contribution in [0.25, 0.3) is 0 Å². The number of carbonyl (C=O) groups excluding carboxylic acids is 1. The van der Waals surface area contributed by atoms with Crippen molar-refractivity contribution in [2.45, 2.75) is 12.8 Å². The molecular weight excluding hydrogens is 222 g/mol. The molecule has 0 saturated heterocycles. The van der Waals surface area contributed by atoms with Gasteiger partial charge >= 0.3 is 0 Å². The third kappa shape index (κ3) is 12.8. The van der Waals surface area contributed by atoms with Crippen molar-refractivity contribution in [3.8, 4) is 6.07 Å². The third-order valence-electron chi connectivity index (χ3n) is 1.97. The number of rotatable bonds is 11. The molecule has 0 aliphatic carbocycles. The molecule has 0 aliphatic rings. The predicted molar refractivity (Wildman–Crippen MR) is 63.4 cm³/mol. The summed E-state index contributed by atoms with van der Waals surface area (Å²) in [6, 6.07) is 1.85. The molecule has 0 spiro atoms. The van der Waals surface area contributed by atoms with E-state index < -0.39 is 0 Å². The van der Waals surface area contributed by atoms with Crippen LogP contribution in [-0.2, 0) is 14.3 Å². The minimum absolute atomic E-state index is 0.0633. The fraction of sp³-hybridized carbons (Fsp3) is 0.818. The summed E-state index contributed by atoms with van der Waals surface area (Å²) in [5.41, 5.74) is 0. The number of hydrogen-bond donors (Lipinski definition) is 2. The Hall–Kier alpha value is -1.16. The van der Waals surface area contributed by atoms with Gasteiger partial charge in [0.2, 0.25) is 5.91 Å². The van der Waals surface area contributed by atoms with Gasteiger partial charge in [-0.05, 0) is 19.4 Å². The van der Waals surface area contributed by atoms with Gasteiger partial charge in [0, 0.05) is 13.7 Å². The Morgan fingerprint density at radius 1 is 1.29 bits per heavy atom. The van der Waals surface area contributed by atoms with E-state index in [1.807, 2.05) is 6.07 Å². The Balaban J connectivity index is 3.08. The summed E-state index contributed by atoms with van der Waals surface area (Å²) in [7, 11) is 1.64. The average Bonchev–Trinajstić information content (AvgIpc) is 2.34. The number of amides is 1. The topological polar surface area (TPSA) is 83.4 Å². The van der Waals surface area contributed by atoms with E-state index in [-0.39, 0.29) is 19.0 Å². The summed E-state index contributed by atoms with van der Waals surface area (Å²) >= 11 is 0. The summed E-state index contributed by atoms with van der Waals surface area (Å²) in [6.07, 6.45) is 1.91. The van der Waals surface area contributed by atoms with Crippen molar-refractivity contribution in [3.05, 3.63) is 0 Å². The summed E-state index contributed by atoms with van der Waals surface area (Å²) in [5.74, 6) is -0.150. The van der Waals surface area contributed by atoms with Gasteiger partial charge in [0.05, 0.1) is 25.8 Å². The summed E-state index contributed by atoms with van der Waals surface area (Å²) in [5, 5.41) is 13.7. The molecule has 0 aromatic heterocycles. The first-order valence-electron chi connectivity index (χ1n) is 5.72. The zero-order valence-electron chi connectivity index (χ0n) is 10.3. The molecule has 0 atom stereocenters. The van der Waals surface area contributed by atoms with Gasteiger partial charge in [0.25, 0.3) is 0 Å². The molecule has 0 bridgehead atoms. The summed E-state index contributed by atoms with van der Waals surface area (Å²) < 4.78 is 10.1. The number of nitrogens with zero attached hydrogens (tertiary/aromatic N) is 1. The van der Waals surface area contributed by atoms with Crippen molar-refractivity contribution < 1.29 is 14.3 Å². The molecule has 6 heteroatoms. The Bertz CT molecular complexity index is 228. The predicted octanol–water partition coefficient (Wildman–Crippen LogP) is -0.341. The molecule has 0 rings (SSSR count). The molecule has 0 radical (unpaired) electrons. The first kappa shape index (κ1) is 15.8. The monoisotopic (exact) mass is 243 g/mol. The number of ether oxygens (including phenoxy) is 2. The maximum absolute atomic E-state index is 11.0. The second-order valence-electron chi connectivity index (χ2n) is 3.42. The van der Waals surface area contributed by atoms with Crippen LogP contribution < -0.4 is 10.6 Å². The lowest BCUT2D eigenvalue weighted by atomic mass is 10.3. The van der Waals surface area contributed by atoms with Gasteiger partial charge in [-0.1, -0.05) is 0 Å². The Kier molecular flexibility index (Phi) is 12.0. The first-order chi connectivity index (χ1) is 8.31. The maximum Gasteiger partial charge on any atom is 0.234 e. The highest BCUT2D eigenvalue weighted by molar-refractivity contribution is 5.78. The van der Waals surface area contributed by atoms with Crippen LogP contribution in [0.2, 0.25) is 0 Å². The second kappa shape index (κ2) is 12.9. The number of carbonyl (C=O) groups is 1. The van der Waals surface area contributed by atoms with E-state index in [0.29, 0.717) is 19.8 Å². The van der Waals surface area contributed by atoms with Gasteiger partial charge < -0.3 is 20.1 Å². The van der Waals surface area contributed by atoms with E-state index in [2.05, 4.69) is 10.6 Å². The third-order valence-corrected chi connectivity index (χ3v) is 1.97.